The Hall–Kier alpha value is -0.540. The van der Waals surface area contributed by atoms with Crippen molar-refractivity contribution in [3.05, 3.63) is 28.7 Å². The van der Waals surface area contributed by atoms with Crippen molar-refractivity contribution in [2.75, 3.05) is 11.9 Å². The molecule has 0 aromatic heterocycles. The molecule has 0 bridgehead atoms. The van der Waals surface area contributed by atoms with Crippen LogP contribution in [0.25, 0.3) is 0 Å². The van der Waals surface area contributed by atoms with Crippen LogP contribution in [0.3, 0.4) is 0 Å². The van der Waals surface area contributed by atoms with E-state index in [2.05, 4.69) is 39.4 Å². The van der Waals surface area contributed by atoms with Gasteiger partial charge in [-0.05, 0) is 53.4 Å². The molecule has 0 amide bonds. The zero-order valence-electron chi connectivity index (χ0n) is 9.45. The molecule has 0 radical (unpaired) electrons. The molecule has 3 heteroatoms. The molecule has 1 aromatic rings. The minimum atomic E-state index is 0.539. The number of nitrogens with two attached hydrogens (primary N) is 1. The Kier molecular flexibility index (Phi) is 4.24. The predicted molar refractivity (Wildman–Crippen MR) is 72.6 cm³/mol. The summed E-state index contributed by atoms with van der Waals surface area (Å²) in [7, 11) is 0. The maximum Gasteiger partial charge on any atom is 0.0486 e. The largest absolute Gasteiger partial charge is 0.381 e. The first-order valence-electron chi connectivity index (χ1n) is 6.02. The van der Waals surface area contributed by atoms with E-state index in [0.29, 0.717) is 12.0 Å². The summed E-state index contributed by atoms with van der Waals surface area (Å²) in [4.78, 5) is 0. The van der Waals surface area contributed by atoms with E-state index in [1.165, 1.54) is 31.4 Å². The summed E-state index contributed by atoms with van der Waals surface area (Å²) in [5.74, 6) is 0.626. The summed E-state index contributed by atoms with van der Waals surface area (Å²) in [5.41, 5.74) is 7.02. The molecule has 0 heterocycles. The van der Waals surface area contributed by atoms with E-state index in [1.807, 2.05) is 6.07 Å². The van der Waals surface area contributed by atoms with Crippen LogP contribution in [0.15, 0.2) is 28.7 Å². The molecule has 1 saturated carbocycles. The zero-order valence-corrected chi connectivity index (χ0v) is 11.0. The highest BCUT2D eigenvalue weighted by molar-refractivity contribution is 9.10. The van der Waals surface area contributed by atoms with E-state index in [4.69, 9.17) is 5.73 Å². The Morgan fingerprint density at radius 1 is 1.25 bits per heavy atom. The Morgan fingerprint density at radius 3 is 2.75 bits per heavy atom. The maximum atomic E-state index is 5.83. The fourth-order valence-electron chi connectivity index (χ4n) is 2.46. The molecule has 0 aliphatic heterocycles. The first-order valence-corrected chi connectivity index (χ1v) is 6.81. The summed E-state index contributed by atoms with van der Waals surface area (Å²) >= 11 is 3.57. The molecule has 16 heavy (non-hydrogen) atoms. The Labute approximate surface area is 106 Å². The summed E-state index contributed by atoms with van der Waals surface area (Å²) < 4.78 is 1.14. The minimum absolute atomic E-state index is 0.539. The Balaban J connectivity index is 2.05. The fraction of sp³-hybridized carbons (Fsp3) is 0.538. The average Bonchev–Trinajstić information content (AvgIpc) is 2.33. The van der Waals surface area contributed by atoms with E-state index < -0.39 is 0 Å². The first-order chi connectivity index (χ1) is 7.81. The van der Waals surface area contributed by atoms with Crippen LogP contribution in [-0.2, 0) is 0 Å². The monoisotopic (exact) mass is 282 g/mol. The van der Waals surface area contributed by atoms with E-state index in [9.17, 15) is 0 Å². The van der Waals surface area contributed by atoms with Crippen LogP contribution in [0, 0.1) is 5.92 Å². The molecule has 2 nitrogen and oxygen atoms in total. The summed E-state index contributed by atoms with van der Waals surface area (Å²) in [5, 5.41) is 3.62. The van der Waals surface area contributed by atoms with E-state index in [0.717, 1.165) is 11.0 Å². The molecule has 1 fully saturated rings. The Morgan fingerprint density at radius 2 is 2.00 bits per heavy atom. The molecule has 3 N–H and O–H groups in total. The molecule has 0 saturated heterocycles. The van der Waals surface area contributed by atoms with Crippen molar-refractivity contribution in [3.8, 4) is 0 Å². The molecule has 0 spiro atoms. The summed E-state index contributed by atoms with van der Waals surface area (Å²) in [6.45, 7) is 0.794. The van der Waals surface area contributed by atoms with Crippen LogP contribution in [0.5, 0.6) is 0 Å². The van der Waals surface area contributed by atoms with Crippen LogP contribution in [0.2, 0.25) is 0 Å². The van der Waals surface area contributed by atoms with Crippen LogP contribution < -0.4 is 11.1 Å². The van der Waals surface area contributed by atoms with Crippen molar-refractivity contribution in [2.24, 2.45) is 11.7 Å². The Bertz CT molecular complexity index is 340. The number of anilines is 1. The SMILES string of the molecule is NCC1CCCCC1Nc1ccccc1Br. The van der Waals surface area contributed by atoms with Crippen molar-refractivity contribution in [3.63, 3.8) is 0 Å². The summed E-state index contributed by atoms with van der Waals surface area (Å²) in [6, 6.07) is 8.83. The maximum absolute atomic E-state index is 5.83. The van der Waals surface area contributed by atoms with Gasteiger partial charge < -0.3 is 11.1 Å². The molecular formula is C13H19BrN2. The predicted octanol–water partition coefficient (Wildman–Crippen LogP) is 3.38. The quantitative estimate of drug-likeness (QED) is 0.892. The van der Waals surface area contributed by atoms with Crippen molar-refractivity contribution in [2.45, 2.75) is 31.7 Å². The lowest BCUT2D eigenvalue weighted by molar-refractivity contribution is 0.332. The standard InChI is InChI=1S/C13H19BrN2/c14-11-6-2-4-8-13(11)16-12-7-3-1-5-10(12)9-15/h2,4,6,8,10,12,16H,1,3,5,7,9,15H2. The number of rotatable bonds is 3. The van der Waals surface area contributed by atoms with Gasteiger partial charge in [-0.1, -0.05) is 25.0 Å². The number of halogens is 1. The van der Waals surface area contributed by atoms with E-state index in [-0.39, 0.29) is 0 Å². The van der Waals surface area contributed by atoms with Crippen LogP contribution in [0.1, 0.15) is 25.7 Å². The number of para-hydroxylation sites is 1. The normalized spacial score (nSPS) is 25.4. The van der Waals surface area contributed by atoms with Gasteiger partial charge in [-0.25, -0.2) is 0 Å². The number of hydrogen-bond donors (Lipinski definition) is 2. The fourth-order valence-corrected chi connectivity index (χ4v) is 2.86. The van der Waals surface area contributed by atoms with E-state index in [1.54, 1.807) is 0 Å². The molecule has 1 aromatic carbocycles. The summed E-state index contributed by atoms with van der Waals surface area (Å²) in [6.07, 6.45) is 5.15. The smallest absolute Gasteiger partial charge is 0.0486 e. The first kappa shape index (κ1) is 11.9. The molecule has 2 unspecified atom stereocenters. The van der Waals surface area contributed by atoms with Gasteiger partial charge in [-0.2, -0.15) is 0 Å². The van der Waals surface area contributed by atoms with Gasteiger partial charge in [0.1, 0.15) is 0 Å². The second kappa shape index (κ2) is 5.69. The van der Waals surface area contributed by atoms with Crippen molar-refractivity contribution < 1.29 is 0 Å². The molecule has 2 rings (SSSR count). The van der Waals surface area contributed by atoms with Gasteiger partial charge in [0.15, 0.2) is 0 Å². The lowest BCUT2D eigenvalue weighted by Crippen LogP contribution is -2.36. The highest BCUT2D eigenvalue weighted by Crippen LogP contribution is 2.29. The van der Waals surface area contributed by atoms with Crippen molar-refractivity contribution >= 4 is 21.6 Å². The molecule has 2 atom stereocenters. The molecule has 1 aliphatic rings. The lowest BCUT2D eigenvalue weighted by atomic mass is 9.84. The average molecular weight is 283 g/mol. The van der Waals surface area contributed by atoms with Crippen LogP contribution in [0.4, 0.5) is 5.69 Å². The third-order valence-corrected chi connectivity index (χ3v) is 4.12. The van der Waals surface area contributed by atoms with Gasteiger partial charge >= 0.3 is 0 Å². The second-order valence-electron chi connectivity index (χ2n) is 4.51. The van der Waals surface area contributed by atoms with Gasteiger partial charge in [0.25, 0.3) is 0 Å². The lowest BCUT2D eigenvalue weighted by Gasteiger charge is -2.32. The van der Waals surface area contributed by atoms with Gasteiger partial charge in [0.05, 0.1) is 0 Å². The minimum Gasteiger partial charge on any atom is -0.381 e. The highest BCUT2D eigenvalue weighted by Gasteiger charge is 2.23. The van der Waals surface area contributed by atoms with Gasteiger partial charge in [0.2, 0.25) is 0 Å². The molecule has 88 valence electrons. The molecule has 1 aliphatic carbocycles. The van der Waals surface area contributed by atoms with Gasteiger partial charge in [-0.15, -0.1) is 0 Å². The van der Waals surface area contributed by atoms with Gasteiger partial charge in [0, 0.05) is 16.2 Å². The third-order valence-electron chi connectivity index (χ3n) is 3.43. The third kappa shape index (κ3) is 2.77. The topological polar surface area (TPSA) is 38.0 Å². The number of hydrogen-bond acceptors (Lipinski definition) is 2. The van der Waals surface area contributed by atoms with E-state index >= 15 is 0 Å². The van der Waals surface area contributed by atoms with Crippen LogP contribution >= 0.6 is 15.9 Å². The van der Waals surface area contributed by atoms with Crippen LogP contribution in [-0.4, -0.2) is 12.6 Å². The zero-order chi connectivity index (χ0) is 11.4. The van der Waals surface area contributed by atoms with Crippen molar-refractivity contribution in [1.29, 1.82) is 0 Å². The molecular weight excluding hydrogens is 264 g/mol. The number of nitrogens with one attached hydrogen (secondary N) is 1. The number of benzene rings is 1. The van der Waals surface area contributed by atoms with Gasteiger partial charge in [-0.3, -0.25) is 0 Å². The highest BCUT2D eigenvalue weighted by atomic mass is 79.9. The van der Waals surface area contributed by atoms with Crippen molar-refractivity contribution in [1.82, 2.24) is 0 Å². The second-order valence-corrected chi connectivity index (χ2v) is 5.37.